The lowest BCUT2D eigenvalue weighted by atomic mass is 10.0. The largest absolute Gasteiger partial charge is 0.481 e. The van der Waals surface area contributed by atoms with Crippen molar-refractivity contribution in [3.63, 3.8) is 0 Å². The average Bonchev–Trinajstić information content (AvgIpc) is 2.77. The Morgan fingerprint density at radius 1 is 0.647 bits per heavy atom. The van der Waals surface area contributed by atoms with E-state index in [2.05, 4.69) is 0 Å². The molecule has 0 aliphatic rings. The van der Waals surface area contributed by atoms with Crippen LogP contribution in [0, 0.1) is 0 Å². The maximum atomic E-state index is 12.6. The van der Waals surface area contributed by atoms with Gasteiger partial charge in [0.25, 0.3) is 0 Å². The first-order valence-electron chi connectivity index (χ1n) is 9.47. The van der Waals surface area contributed by atoms with Crippen LogP contribution >= 0.6 is 0 Å². The molecule has 2 rings (SSSR count). The Labute approximate surface area is 192 Å². The number of rotatable bonds is 9. The number of carbonyl (C=O) groups excluding carboxylic acids is 2. The summed E-state index contributed by atoms with van der Waals surface area (Å²) in [5.74, 6) is -8.28. The highest BCUT2D eigenvalue weighted by Crippen LogP contribution is 2.21. The van der Waals surface area contributed by atoms with Crippen molar-refractivity contribution in [1.82, 2.24) is 0 Å². The van der Waals surface area contributed by atoms with E-state index in [0.717, 1.165) is 36.4 Å². The number of carboxylic acids is 4. The molecule has 4 N–H and O–H groups in total. The Morgan fingerprint density at radius 3 is 1.24 bits per heavy atom. The predicted molar refractivity (Wildman–Crippen MR) is 114 cm³/mol. The van der Waals surface area contributed by atoms with E-state index in [0.29, 0.717) is 0 Å². The van der Waals surface area contributed by atoms with Crippen LogP contribution in [0.15, 0.2) is 36.4 Å². The van der Waals surface area contributed by atoms with Crippen LogP contribution in [0.3, 0.4) is 0 Å². The van der Waals surface area contributed by atoms with Crippen LogP contribution in [0.4, 0.5) is 0 Å². The SMILES string of the molecule is CC[Si](C)(OC(=O)c1ccc(C(=O)O)c(C(=O)O)c1)OC(=O)c1ccc(C(=O)O)c(C(=O)O)c1. The third-order valence-corrected chi connectivity index (χ3v) is 7.21. The second-order valence-electron chi connectivity index (χ2n) is 7.01. The molecule has 0 saturated carbocycles. The van der Waals surface area contributed by atoms with E-state index >= 15 is 0 Å². The van der Waals surface area contributed by atoms with Crippen LogP contribution in [0.25, 0.3) is 0 Å². The molecule has 0 atom stereocenters. The molecule has 0 unspecified atom stereocenters. The molecule has 0 saturated heterocycles. The molecule has 0 aromatic heterocycles. The molecule has 12 nitrogen and oxygen atoms in total. The van der Waals surface area contributed by atoms with Crippen molar-refractivity contribution >= 4 is 44.4 Å². The first kappa shape index (κ1) is 25.7. The Bertz CT molecular complexity index is 1130. The second-order valence-corrected chi connectivity index (χ2v) is 10.4. The van der Waals surface area contributed by atoms with Crippen LogP contribution in [-0.2, 0) is 8.85 Å². The lowest BCUT2D eigenvalue weighted by Gasteiger charge is -2.25. The molecule has 13 heteroatoms. The van der Waals surface area contributed by atoms with Gasteiger partial charge in [0.1, 0.15) is 0 Å². The zero-order valence-corrected chi connectivity index (χ0v) is 18.7. The minimum absolute atomic E-state index is 0.0580. The average molecular weight is 490 g/mol. The van der Waals surface area contributed by atoms with E-state index in [1.165, 1.54) is 6.55 Å². The van der Waals surface area contributed by atoms with Gasteiger partial charge in [-0.2, -0.15) is 0 Å². The maximum Gasteiger partial charge on any atom is 0.461 e. The topological polar surface area (TPSA) is 202 Å². The monoisotopic (exact) mass is 490 g/mol. The molecule has 0 spiro atoms. The lowest BCUT2D eigenvalue weighted by molar-refractivity contribution is 0.0565. The number of benzene rings is 2. The van der Waals surface area contributed by atoms with Gasteiger partial charge in [-0.3, -0.25) is 0 Å². The number of hydrogen-bond acceptors (Lipinski definition) is 8. The summed E-state index contributed by atoms with van der Waals surface area (Å²) in [5.41, 5.74) is -2.93. The number of carbonyl (C=O) groups is 6. The highest BCUT2D eigenvalue weighted by atomic mass is 28.4. The molecular weight excluding hydrogens is 472 g/mol. The van der Waals surface area contributed by atoms with Crippen molar-refractivity contribution in [3.05, 3.63) is 69.8 Å². The Kier molecular flexibility index (Phi) is 7.53. The van der Waals surface area contributed by atoms with E-state index in [9.17, 15) is 39.0 Å². The predicted octanol–water partition coefficient (Wildman–Crippen LogP) is 2.59. The third kappa shape index (κ3) is 5.63. The molecule has 178 valence electrons. The second kappa shape index (κ2) is 9.95. The quantitative estimate of drug-likeness (QED) is 0.375. The summed E-state index contributed by atoms with van der Waals surface area (Å²) in [4.78, 5) is 70.2. The molecule has 0 fully saturated rings. The minimum Gasteiger partial charge on any atom is -0.481 e. The summed E-state index contributed by atoms with van der Waals surface area (Å²) in [6.07, 6.45) is 0. The van der Waals surface area contributed by atoms with Gasteiger partial charge in [-0.1, -0.05) is 6.92 Å². The highest BCUT2D eigenvalue weighted by molar-refractivity contribution is 6.69. The Morgan fingerprint density at radius 2 is 0.971 bits per heavy atom. The number of hydrogen-bond donors (Lipinski definition) is 4. The fourth-order valence-electron chi connectivity index (χ4n) is 2.74. The molecule has 2 aromatic carbocycles. The first-order chi connectivity index (χ1) is 15.8. The van der Waals surface area contributed by atoms with Crippen molar-refractivity contribution in [2.45, 2.75) is 19.5 Å². The van der Waals surface area contributed by atoms with E-state index < -0.39 is 66.6 Å². The normalized spacial score (nSPS) is 10.8. The van der Waals surface area contributed by atoms with Gasteiger partial charge >= 0.3 is 44.4 Å². The van der Waals surface area contributed by atoms with Gasteiger partial charge in [0, 0.05) is 12.6 Å². The van der Waals surface area contributed by atoms with Crippen LogP contribution in [0.2, 0.25) is 12.6 Å². The standard InChI is InChI=1S/C21H18O12Si/c1-3-34(2,32-20(30)10-4-6-12(16(22)23)14(8-10)18(26)27)33-21(31)11-5-7-13(17(24)25)15(9-11)19(28)29/h4-9H,3H2,1-2H3,(H,22,23)(H,24,25)(H,26,27)(H,28,29). The van der Waals surface area contributed by atoms with Crippen LogP contribution < -0.4 is 0 Å². The van der Waals surface area contributed by atoms with E-state index in [1.54, 1.807) is 6.92 Å². The van der Waals surface area contributed by atoms with Crippen molar-refractivity contribution in [2.24, 2.45) is 0 Å². The minimum atomic E-state index is -3.60. The van der Waals surface area contributed by atoms with E-state index in [1.807, 2.05) is 0 Å². The van der Waals surface area contributed by atoms with Crippen LogP contribution in [-0.4, -0.2) is 64.8 Å². The van der Waals surface area contributed by atoms with Crippen LogP contribution in [0.5, 0.6) is 0 Å². The fraction of sp³-hybridized carbons (Fsp3) is 0.143. The van der Waals surface area contributed by atoms with Gasteiger partial charge in [0.05, 0.1) is 33.4 Å². The van der Waals surface area contributed by atoms with Crippen molar-refractivity contribution < 1.29 is 58.0 Å². The summed E-state index contributed by atoms with van der Waals surface area (Å²) in [7, 11) is -3.60. The summed E-state index contributed by atoms with van der Waals surface area (Å²) >= 11 is 0. The first-order valence-corrected chi connectivity index (χ1v) is 12.0. The zero-order valence-electron chi connectivity index (χ0n) is 17.7. The molecule has 0 aliphatic heterocycles. The molecule has 34 heavy (non-hydrogen) atoms. The Balaban J connectivity index is 2.30. The summed E-state index contributed by atoms with van der Waals surface area (Å²) in [6.45, 7) is 2.91. The van der Waals surface area contributed by atoms with Gasteiger partial charge in [-0.25, -0.2) is 28.8 Å². The van der Waals surface area contributed by atoms with Crippen molar-refractivity contribution in [1.29, 1.82) is 0 Å². The zero-order chi connectivity index (χ0) is 25.8. The molecule has 0 aliphatic carbocycles. The van der Waals surface area contributed by atoms with Gasteiger partial charge in [0.2, 0.25) is 0 Å². The molecule has 0 heterocycles. The molecule has 0 amide bonds. The Hall–Kier alpha value is -4.52. The molecule has 2 aromatic rings. The van der Waals surface area contributed by atoms with Gasteiger partial charge in [0.15, 0.2) is 0 Å². The van der Waals surface area contributed by atoms with Crippen molar-refractivity contribution in [2.75, 3.05) is 0 Å². The number of carboxylic acid groups (broad SMARTS) is 4. The van der Waals surface area contributed by atoms with E-state index in [-0.39, 0.29) is 17.2 Å². The smallest absolute Gasteiger partial charge is 0.461 e. The van der Waals surface area contributed by atoms with Gasteiger partial charge in [-0.05, 0) is 36.4 Å². The summed E-state index contributed by atoms with van der Waals surface area (Å²) < 4.78 is 10.7. The van der Waals surface area contributed by atoms with Gasteiger partial charge < -0.3 is 29.3 Å². The van der Waals surface area contributed by atoms with Crippen molar-refractivity contribution in [3.8, 4) is 0 Å². The van der Waals surface area contributed by atoms with Crippen LogP contribution in [0.1, 0.15) is 69.1 Å². The highest BCUT2D eigenvalue weighted by Gasteiger charge is 2.39. The fourth-order valence-corrected chi connectivity index (χ4v) is 4.09. The summed E-state index contributed by atoms with van der Waals surface area (Å²) in [6, 6.07) is 5.66. The lowest BCUT2D eigenvalue weighted by Crippen LogP contribution is -2.42. The number of aromatic carboxylic acids is 4. The molecular formula is C21H18O12Si. The molecule has 0 bridgehead atoms. The third-order valence-electron chi connectivity index (χ3n) is 4.69. The maximum absolute atomic E-state index is 12.6. The molecule has 0 radical (unpaired) electrons. The van der Waals surface area contributed by atoms with E-state index in [4.69, 9.17) is 19.1 Å². The van der Waals surface area contributed by atoms with Gasteiger partial charge in [-0.15, -0.1) is 0 Å². The summed E-state index contributed by atoms with van der Waals surface area (Å²) in [5, 5.41) is 36.6.